The number of hydrogen-bond donors (Lipinski definition) is 3. The Labute approximate surface area is 115 Å². The SMILES string of the molecule is NCC(N)c1ccc(-c2c[nH]c3cc(F)ccc23)cn1. The topological polar surface area (TPSA) is 80.7 Å². The highest BCUT2D eigenvalue weighted by molar-refractivity contribution is 5.95. The van der Waals surface area contributed by atoms with Crippen LogP contribution in [0.4, 0.5) is 4.39 Å². The maximum Gasteiger partial charge on any atom is 0.125 e. The normalized spacial score (nSPS) is 12.8. The van der Waals surface area contributed by atoms with Crippen molar-refractivity contribution in [2.24, 2.45) is 11.5 Å². The third-order valence-electron chi connectivity index (χ3n) is 3.37. The fourth-order valence-corrected chi connectivity index (χ4v) is 2.24. The van der Waals surface area contributed by atoms with Gasteiger partial charge in [-0.25, -0.2) is 4.39 Å². The predicted molar refractivity (Wildman–Crippen MR) is 77.5 cm³/mol. The first kappa shape index (κ1) is 12.8. The number of rotatable bonds is 3. The van der Waals surface area contributed by atoms with Crippen molar-refractivity contribution in [1.82, 2.24) is 9.97 Å². The van der Waals surface area contributed by atoms with Crippen molar-refractivity contribution in [3.8, 4) is 11.1 Å². The van der Waals surface area contributed by atoms with Crippen LogP contribution in [0.5, 0.6) is 0 Å². The van der Waals surface area contributed by atoms with Crippen LogP contribution in [-0.4, -0.2) is 16.5 Å². The molecule has 0 amide bonds. The van der Waals surface area contributed by atoms with E-state index in [1.165, 1.54) is 12.1 Å². The van der Waals surface area contributed by atoms with E-state index in [0.717, 1.165) is 27.7 Å². The summed E-state index contributed by atoms with van der Waals surface area (Å²) >= 11 is 0. The average molecular weight is 270 g/mol. The molecule has 0 aliphatic rings. The molecule has 4 nitrogen and oxygen atoms in total. The second-order valence-corrected chi connectivity index (χ2v) is 4.71. The number of H-pyrrole nitrogens is 1. The van der Waals surface area contributed by atoms with Crippen molar-refractivity contribution in [3.63, 3.8) is 0 Å². The van der Waals surface area contributed by atoms with E-state index in [4.69, 9.17) is 11.5 Å². The molecular weight excluding hydrogens is 255 g/mol. The van der Waals surface area contributed by atoms with E-state index >= 15 is 0 Å². The van der Waals surface area contributed by atoms with Crippen LogP contribution in [-0.2, 0) is 0 Å². The molecule has 20 heavy (non-hydrogen) atoms. The highest BCUT2D eigenvalue weighted by Crippen LogP contribution is 2.28. The maximum absolute atomic E-state index is 13.2. The fraction of sp³-hybridized carbons (Fsp3) is 0.133. The first-order valence-electron chi connectivity index (χ1n) is 6.37. The van der Waals surface area contributed by atoms with Crippen LogP contribution in [0, 0.1) is 5.82 Å². The Bertz CT molecular complexity index is 733. The summed E-state index contributed by atoms with van der Waals surface area (Å²) in [6.07, 6.45) is 3.61. The third kappa shape index (κ3) is 2.17. The van der Waals surface area contributed by atoms with Crippen molar-refractivity contribution < 1.29 is 4.39 Å². The van der Waals surface area contributed by atoms with Gasteiger partial charge in [-0.1, -0.05) is 6.07 Å². The predicted octanol–water partition coefficient (Wildman–Crippen LogP) is 2.33. The molecule has 0 saturated carbocycles. The summed E-state index contributed by atoms with van der Waals surface area (Å²) in [7, 11) is 0. The number of aromatic amines is 1. The Morgan fingerprint density at radius 1 is 1.25 bits per heavy atom. The quantitative estimate of drug-likeness (QED) is 0.683. The summed E-state index contributed by atoms with van der Waals surface area (Å²) in [6.45, 7) is 0.360. The van der Waals surface area contributed by atoms with Crippen LogP contribution in [0.1, 0.15) is 11.7 Å². The zero-order chi connectivity index (χ0) is 14.1. The number of aromatic nitrogens is 2. The van der Waals surface area contributed by atoms with Gasteiger partial charge in [-0.15, -0.1) is 0 Å². The Hall–Kier alpha value is -2.24. The molecule has 3 rings (SSSR count). The zero-order valence-electron chi connectivity index (χ0n) is 10.8. The van der Waals surface area contributed by atoms with Crippen LogP contribution >= 0.6 is 0 Å². The molecule has 3 aromatic rings. The Morgan fingerprint density at radius 2 is 2.10 bits per heavy atom. The van der Waals surface area contributed by atoms with Gasteiger partial charge in [0.1, 0.15) is 5.82 Å². The van der Waals surface area contributed by atoms with Crippen molar-refractivity contribution in [3.05, 3.63) is 54.2 Å². The monoisotopic (exact) mass is 270 g/mol. The summed E-state index contributed by atoms with van der Waals surface area (Å²) in [4.78, 5) is 7.40. The van der Waals surface area contributed by atoms with Crippen LogP contribution < -0.4 is 11.5 Å². The lowest BCUT2D eigenvalue weighted by atomic mass is 10.1. The summed E-state index contributed by atoms with van der Waals surface area (Å²) in [5.74, 6) is -0.256. The second kappa shape index (κ2) is 5.03. The van der Waals surface area contributed by atoms with Gasteiger partial charge in [0, 0.05) is 41.0 Å². The number of fused-ring (bicyclic) bond motifs is 1. The van der Waals surface area contributed by atoms with Crippen molar-refractivity contribution in [2.45, 2.75) is 6.04 Å². The molecule has 0 bridgehead atoms. The summed E-state index contributed by atoms with van der Waals surface area (Å²) in [5, 5.41) is 0.962. The molecular formula is C15H15FN4. The second-order valence-electron chi connectivity index (χ2n) is 4.71. The highest BCUT2D eigenvalue weighted by Gasteiger charge is 2.09. The molecule has 0 fully saturated rings. The van der Waals surface area contributed by atoms with Crippen LogP contribution in [0.15, 0.2) is 42.7 Å². The van der Waals surface area contributed by atoms with E-state index in [-0.39, 0.29) is 11.9 Å². The first-order valence-corrected chi connectivity index (χ1v) is 6.37. The lowest BCUT2D eigenvalue weighted by Gasteiger charge is -2.08. The van der Waals surface area contributed by atoms with E-state index < -0.39 is 0 Å². The van der Waals surface area contributed by atoms with Gasteiger partial charge >= 0.3 is 0 Å². The molecule has 1 aromatic carbocycles. The van der Waals surface area contributed by atoms with E-state index in [2.05, 4.69) is 9.97 Å². The molecule has 0 radical (unpaired) electrons. The largest absolute Gasteiger partial charge is 0.360 e. The Morgan fingerprint density at radius 3 is 2.80 bits per heavy atom. The zero-order valence-corrected chi connectivity index (χ0v) is 10.8. The van der Waals surface area contributed by atoms with E-state index in [1.807, 2.05) is 18.3 Å². The molecule has 5 N–H and O–H groups in total. The maximum atomic E-state index is 13.2. The summed E-state index contributed by atoms with van der Waals surface area (Å²) in [6, 6.07) is 8.26. The number of halogens is 1. The highest BCUT2D eigenvalue weighted by atomic mass is 19.1. The minimum Gasteiger partial charge on any atom is -0.360 e. The van der Waals surface area contributed by atoms with Gasteiger partial charge < -0.3 is 16.5 Å². The van der Waals surface area contributed by atoms with Crippen molar-refractivity contribution >= 4 is 10.9 Å². The molecule has 0 aliphatic carbocycles. The van der Waals surface area contributed by atoms with Crippen LogP contribution in [0.25, 0.3) is 22.0 Å². The molecule has 2 heterocycles. The van der Waals surface area contributed by atoms with Gasteiger partial charge in [-0.3, -0.25) is 4.98 Å². The van der Waals surface area contributed by atoms with E-state index in [1.54, 1.807) is 12.3 Å². The van der Waals surface area contributed by atoms with Gasteiger partial charge in [0.25, 0.3) is 0 Å². The number of pyridine rings is 1. The summed E-state index contributed by atoms with van der Waals surface area (Å²) < 4.78 is 13.2. The number of nitrogens with one attached hydrogen (secondary N) is 1. The smallest absolute Gasteiger partial charge is 0.125 e. The summed E-state index contributed by atoms with van der Waals surface area (Å²) in [5.41, 5.74) is 14.8. The van der Waals surface area contributed by atoms with Gasteiger partial charge in [0.15, 0.2) is 0 Å². The van der Waals surface area contributed by atoms with Crippen molar-refractivity contribution in [2.75, 3.05) is 6.54 Å². The number of hydrogen-bond acceptors (Lipinski definition) is 3. The number of benzene rings is 1. The molecule has 1 atom stereocenters. The molecule has 1 unspecified atom stereocenters. The molecule has 0 spiro atoms. The standard InChI is InChI=1S/C15H15FN4/c16-10-2-3-11-12(8-20-15(11)5-10)9-1-4-14(19-7-9)13(18)6-17/h1-5,7-8,13,20H,6,17-18H2. The van der Waals surface area contributed by atoms with Gasteiger partial charge in [0.05, 0.1) is 11.7 Å². The molecule has 0 saturated heterocycles. The number of nitrogens with two attached hydrogens (primary N) is 2. The Balaban J connectivity index is 2.03. The molecule has 2 aromatic heterocycles. The Kier molecular flexibility index (Phi) is 3.22. The van der Waals surface area contributed by atoms with Gasteiger partial charge in [-0.2, -0.15) is 0 Å². The minimum atomic E-state index is -0.256. The average Bonchev–Trinajstić information content (AvgIpc) is 2.89. The lowest BCUT2D eigenvalue weighted by molar-refractivity contribution is 0.629. The van der Waals surface area contributed by atoms with Gasteiger partial charge in [0.2, 0.25) is 0 Å². The van der Waals surface area contributed by atoms with Crippen molar-refractivity contribution in [1.29, 1.82) is 0 Å². The third-order valence-corrected chi connectivity index (χ3v) is 3.37. The van der Waals surface area contributed by atoms with E-state index in [9.17, 15) is 4.39 Å². The van der Waals surface area contributed by atoms with Gasteiger partial charge in [-0.05, 0) is 24.3 Å². The lowest BCUT2D eigenvalue weighted by Crippen LogP contribution is -2.21. The molecule has 5 heteroatoms. The first-order chi connectivity index (χ1) is 9.69. The number of nitrogens with zero attached hydrogens (tertiary/aromatic N) is 1. The van der Waals surface area contributed by atoms with Crippen LogP contribution in [0.2, 0.25) is 0 Å². The fourth-order valence-electron chi connectivity index (χ4n) is 2.24. The minimum absolute atomic E-state index is 0.249. The van der Waals surface area contributed by atoms with Crippen LogP contribution in [0.3, 0.4) is 0 Å². The molecule has 0 aliphatic heterocycles. The molecule has 102 valence electrons. The van der Waals surface area contributed by atoms with E-state index in [0.29, 0.717) is 6.54 Å².